The van der Waals surface area contributed by atoms with Crippen molar-refractivity contribution in [2.75, 3.05) is 19.6 Å². The van der Waals surface area contributed by atoms with Gasteiger partial charge in [-0.2, -0.15) is 0 Å². The van der Waals surface area contributed by atoms with E-state index in [1.807, 2.05) is 0 Å². The van der Waals surface area contributed by atoms with Crippen LogP contribution in [-0.2, 0) is 10.0 Å². The van der Waals surface area contributed by atoms with Crippen molar-refractivity contribution < 1.29 is 13.3 Å². The first-order chi connectivity index (χ1) is 9.49. The average molecular weight is 336 g/mol. The molecule has 1 unspecified atom stereocenters. The van der Waals surface area contributed by atoms with E-state index in [2.05, 4.69) is 10.0 Å². The minimum Gasteiger partial charge on any atom is -0.316 e. The Morgan fingerprint density at radius 2 is 2.19 bits per heavy atom. The van der Waals surface area contributed by atoms with Gasteiger partial charge in [-0.25, -0.2) is 13.1 Å². The number of nitrogens with zero attached hydrogens (tertiary/aromatic N) is 1. The van der Waals surface area contributed by atoms with Gasteiger partial charge in [-0.05, 0) is 37.9 Å². The van der Waals surface area contributed by atoms with Gasteiger partial charge in [0, 0.05) is 18.7 Å². The Kier molecular flexibility index (Phi) is 6.53. The third-order valence-electron chi connectivity index (χ3n) is 3.30. The summed E-state index contributed by atoms with van der Waals surface area (Å²) in [7, 11) is -3.70. The predicted molar refractivity (Wildman–Crippen MR) is 81.1 cm³/mol. The second-order valence-electron chi connectivity index (χ2n) is 4.82. The fourth-order valence-corrected chi connectivity index (χ4v) is 3.33. The van der Waals surface area contributed by atoms with Crippen molar-refractivity contribution in [2.24, 2.45) is 5.92 Å². The number of nitrogens with one attached hydrogen (secondary N) is 2. The molecule has 118 valence electrons. The summed E-state index contributed by atoms with van der Waals surface area (Å²) in [6.45, 7) is 2.10. The van der Waals surface area contributed by atoms with Gasteiger partial charge in [0.25, 0.3) is 5.69 Å². The SMILES string of the molecule is Cl.O=[N+]([O-])c1cccc(S(=O)(=O)NCC2CCCNC2)c1. The van der Waals surface area contributed by atoms with Crippen molar-refractivity contribution in [1.29, 1.82) is 0 Å². The molecule has 7 nitrogen and oxygen atoms in total. The van der Waals surface area contributed by atoms with E-state index >= 15 is 0 Å². The van der Waals surface area contributed by atoms with Gasteiger partial charge in [-0.3, -0.25) is 10.1 Å². The Bertz CT molecular complexity index is 588. The summed E-state index contributed by atoms with van der Waals surface area (Å²) in [5.74, 6) is 0.261. The van der Waals surface area contributed by atoms with Crippen LogP contribution >= 0.6 is 12.4 Å². The number of nitro groups is 1. The minimum absolute atomic E-state index is 0. The van der Waals surface area contributed by atoms with Gasteiger partial charge >= 0.3 is 0 Å². The summed E-state index contributed by atoms with van der Waals surface area (Å²) in [6, 6.07) is 5.06. The molecule has 0 saturated carbocycles. The standard InChI is InChI=1S/C12H17N3O4S.ClH/c16-15(17)11-4-1-5-12(7-11)20(18,19)14-9-10-3-2-6-13-8-10;/h1,4-5,7,10,13-14H,2-3,6,8-9H2;1H. The van der Waals surface area contributed by atoms with Crippen LogP contribution in [0.15, 0.2) is 29.2 Å². The van der Waals surface area contributed by atoms with Gasteiger partial charge in [0.05, 0.1) is 9.82 Å². The van der Waals surface area contributed by atoms with E-state index in [0.717, 1.165) is 32.0 Å². The van der Waals surface area contributed by atoms with Crippen LogP contribution in [0.5, 0.6) is 0 Å². The Labute approximate surface area is 129 Å². The molecule has 1 aromatic rings. The van der Waals surface area contributed by atoms with Gasteiger partial charge in [-0.15, -0.1) is 12.4 Å². The van der Waals surface area contributed by atoms with Gasteiger partial charge in [0.2, 0.25) is 10.0 Å². The zero-order valence-electron chi connectivity index (χ0n) is 11.3. The molecule has 1 fully saturated rings. The maximum Gasteiger partial charge on any atom is 0.270 e. The maximum absolute atomic E-state index is 12.1. The second-order valence-corrected chi connectivity index (χ2v) is 6.59. The fourth-order valence-electron chi connectivity index (χ4n) is 2.17. The van der Waals surface area contributed by atoms with E-state index in [4.69, 9.17) is 0 Å². The second kappa shape index (κ2) is 7.69. The van der Waals surface area contributed by atoms with Crippen LogP contribution in [-0.4, -0.2) is 33.0 Å². The van der Waals surface area contributed by atoms with Crippen LogP contribution < -0.4 is 10.0 Å². The van der Waals surface area contributed by atoms with Crippen molar-refractivity contribution in [2.45, 2.75) is 17.7 Å². The lowest BCUT2D eigenvalue weighted by atomic mass is 10.0. The molecule has 1 saturated heterocycles. The summed E-state index contributed by atoms with van der Waals surface area (Å²) in [5, 5.41) is 13.9. The molecule has 0 bridgehead atoms. The molecule has 0 spiro atoms. The molecule has 1 atom stereocenters. The van der Waals surface area contributed by atoms with Crippen molar-refractivity contribution >= 4 is 28.1 Å². The van der Waals surface area contributed by atoms with Crippen LogP contribution in [0.2, 0.25) is 0 Å². The first-order valence-corrected chi connectivity index (χ1v) is 7.92. The molecule has 1 heterocycles. The fraction of sp³-hybridized carbons (Fsp3) is 0.500. The van der Waals surface area contributed by atoms with Crippen molar-refractivity contribution in [3.63, 3.8) is 0 Å². The summed E-state index contributed by atoms with van der Waals surface area (Å²) in [4.78, 5) is 9.99. The first-order valence-electron chi connectivity index (χ1n) is 6.44. The molecule has 0 radical (unpaired) electrons. The van der Waals surface area contributed by atoms with E-state index in [0.29, 0.717) is 6.54 Å². The van der Waals surface area contributed by atoms with Crippen LogP contribution in [0.3, 0.4) is 0 Å². The van der Waals surface area contributed by atoms with E-state index in [1.54, 1.807) is 0 Å². The summed E-state index contributed by atoms with van der Waals surface area (Å²) < 4.78 is 26.7. The number of rotatable bonds is 5. The Morgan fingerprint density at radius 3 is 2.81 bits per heavy atom. The number of nitro benzene ring substituents is 1. The van der Waals surface area contributed by atoms with Gasteiger partial charge in [0.15, 0.2) is 0 Å². The maximum atomic E-state index is 12.1. The summed E-state index contributed by atoms with van der Waals surface area (Å²) in [5.41, 5.74) is -0.229. The monoisotopic (exact) mass is 335 g/mol. The number of hydrogen-bond acceptors (Lipinski definition) is 5. The first kappa shape index (κ1) is 17.8. The lowest BCUT2D eigenvalue weighted by Crippen LogP contribution is -2.38. The highest BCUT2D eigenvalue weighted by Crippen LogP contribution is 2.17. The van der Waals surface area contributed by atoms with E-state index < -0.39 is 14.9 Å². The highest BCUT2D eigenvalue weighted by molar-refractivity contribution is 7.89. The molecular weight excluding hydrogens is 318 g/mol. The normalized spacial score (nSPS) is 18.8. The van der Waals surface area contributed by atoms with Crippen molar-refractivity contribution in [3.05, 3.63) is 34.4 Å². The molecule has 1 aromatic carbocycles. The average Bonchev–Trinajstić information content (AvgIpc) is 2.46. The molecular formula is C12H18ClN3O4S. The minimum atomic E-state index is -3.70. The topological polar surface area (TPSA) is 101 Å². The Balaban J connectivity index is 0.00000220. The molecule has 1 aliphatic heterocycles. The van der Waals surface area contributed by atoms with E-state index in [9.17, 15) is 18.5 Å². The lowest BCUT2D eigenvalue weighted by molar-refractivity contribution is -0.385. The number of sulfonamides is 1. The van der Waals surface area contributed by atoms with Crippen molar-refractivity contribution in [1.82, 2.24) is 10.0 Å². The third kappa shape index (κ3) is 4.92. The van der Waals surface area contributed by atoms with Gasteiger partial charge in [-0.1, -0.05) is 6.07 Å². The number of benzene rings is 1. The van der Waals surface area contributed by atoms with Crippen LogP contribution in [0.25, 0.3) is 0 Å². The highest BCUT2D eigenvalue weighted by Gasteiger charge is 2.20. The summed E-state index contributed by atoms with van der Waals surface area (Å²) in [6.07, 6.45) is 2.01. The van der Waals surface area contributed by atoms with Crippen LogP contribution in [0.4, 0.5) is 5.69 Å². The van der Waals surface area contributed by atoms with Gasteiger partial charge < -0.3 is 5.32 Å². The van der Waals surface area contributed by atoms with E-state index in [1.165, 1.54) is 18.2 Å². The van der Waals surface area contributed by atoms with Crippen LogP contribution in [0, 0.1) is 16.0 Å². The number of hydrogen-bond donors (Lipinski definition) is 2. The molecule has 21 heavy (non-hydrogen) atoms. The predicted octanol–water partition coefficient (Wildman–Crippen LogP) is 1.29. The molecule has 2 N–H and O–H groups in total. The molecule has 2 rings (SSSR count). The quantitative estimate of drug-likeness (QED) is 0.623. The molecule has 0 aromatic heterocycles. The van der Waals surface area contributed by atoms with Gasteiger partial charge in [0.1, 0.15) is 0 Å². The molecule has 0 aliphatic carbocycles. The molecule has 9 heteroatoms. The highest BCUT2D eigenvalue weighted by atomic mass is 35.5. The zero-order chi connectivity index (χ0) is 14.6. The number of non-ortho nitro benzene ring substituents is 1. The smallest absolute Gasteiger partial charge is 0.270 e. The van der Waals surface area contributed by atoms with Crippen LogP contribution in [0.1, 0.15) is 12.8 Å². The largest absolute Gasteiger partial charge is 0.316 e. The number of halogens is 1. The molecule has 0 amide bonds. The summed E-state index contributed by atoms with van der Waals surface area (Å²) >= 11 is 0. The molecule has 1 aliphatic rings. The number of piperidine rings is 1. The Hall–Kier alpha value is -1.22. The third-order valence-corrected chi connectivity index (χ3v) is 4.72. The van der Waals surface area contributed by atoms with E-state index in [-0.39, 0.29) is 28.9 Å². The van der Waals surface area contributed by atoms with Crippen molar-refractivity contribution in [3.8, 4) is 0 Å². The zero-order valence-corrected chi connectivity index (χ0v) is 13.0. The Morgan fingerprint density at radius 1 is 1.43 bits per heavy atom. The lowest BCUT2D eigenvalue weighted by Gasteiger charge is -2.22.